The molecule has 1 unspecified atom stereocenters. The van der Waals surface area contributed by atoms with Gasteiger partial charge in [0.05, 0.1) is 22.8 Å². The SMILES string of the molecule is Cc1ccc(C2(C)CCN(C[C@@H](C(=O)NO)C3CCS(=O)(=O)CC3)C2=O)cc1. The zero-order chi connectivity index (χ0) is 20.5. The van der Waals surface area contributed by atoms with Gasteiger partial charge in [0, 0.05) is 13.1 Å². The monoisotopic (exact) mass is 408 g/mol. The number of rotatable bonds is 5. The third-order valence-electron chi connectivity index (χ3n) is 6.36. The Morgan fingerprint density at radius 2 is 1.89 bits per heavy atom. The summed E-state index contributed by atoms with van der Waals surface area (Å²) in [6.45, 7) is 4.65. The molecule has 0 aliphatic carbocycles. The molecule has 2 saturated heterocycles. The second kappa shape index (κ2) is 7.83. The third-order valence-corrected chi connectivity index (χ3v) is 8.08. The Bertz CT molecular complexity index is 838. The van der Waals surface area contributed by atoms with E-state index >= 15 is 0 Å². The van der Waals surface area contributed by atoms with Gasteiger partial charge in [-0.3, -0.25) is 14.8 Å². The number of carbonyl (C=O) groups excluding carboxylic acids is 2. The fourth-order valence-corrected chi connectivity index (χ4v) is 5.88. The summed E-state index contributed by atoms with van der Waals surface area (Å²) >= 11 is 0. The van der Waals surface area contributed by atoms with Gasteiger partial charge in [0.25, 0.3) is 0 Å². The highest BCUT2D eigenvalue weighted by Gasteiger charge is 2.46. The number of benzene rings is 1. The van der Waals surface area contributed by atoms with Gasteiger partial charge in [-0.05, 0) is 44.6 Å². The van der Waals surface area contributed by atoms with Crippen molar-refractivity contribution in [1.82, 2.24) is 10.4 Å². The van der Waals surface area contributed by atoms with Gasteiger partial charge in [-0.25, -0.2) is 13.9 Å². The number of nitrogens with one attached hydrogen (secondary N) is 1. The van der Waals surface area contributed by atoms with Crippen LogP contribution in [0.3, 0.4) is 0 Å². The molecule has 7 nitrogen and oxygen atoms in total. The summed E-state index contributed by atoms with van der Waals surface area (Å²) in [7, 11) is -3.05. The van der Waals surface area contributed by atoms with Crippen molar-refractivity contribution in [1.29, 1.82) is 0 Å². The van der Waals surface area contributed by atoms with E-state index in [0.29, 0.717) is 25.8 Å². The summed E-state index contributed by atoms with van der Waals surface area (Å²) < 4.78 is 23.4. The lowest BCUT2D eigenvalue weighted by Gasteiger charge is -2.32. The van der Waals surface area contributed by atoms with E-state index < -0.39 is 27.1 Å². The maximum Gasteiger partial charge on any atom is 0.248 e. The van der Waals surface area contributed by atoms with Gasteiger partial charge in [-0.15, -0.1) is 0 Å². The van der Waals surface area contributed by atoms with Crippen LogP contribution in [0.25, 0.3) is 0 Å². The summed E-state index contributed by atoms with van der Waals surface area (Å²) in [5.41, 5.74) is 3.15. The van der Waals surface area contributed by atoms with E-state index in [1.54, 1.807) is 10.4 Å². The van der Waals surface area contributed by atoms with Crippen molar-refractivity contribution in [3.63, 3.8) is 0 Å². The number of amides is 2. The second-order valence-corrected chi connectivity index (χ2v) is 10.6. The minimum atomic E-state index is -3.05. The molecule has 0 saturated carbocycles. The summed E-state index contributed by atoms with van der Waals surface area (Å²) in [6, 6.07) is 7.92. The molecule has 0 radical (unpaired) electrons. The van der Waals surface area contributed by atoms with Crippen molar-refractivity contribution in [2.24, 2.45) is 11.8 Å². The highest BCUT2D eigenvalue weighted by atomic mass is 32.2. The number of hydroxylamine groups is 1. The van der Waals surface area contributed by atoms with Crippen LogP contribution < -0.4 is 5.48 Å². The van der Waals surface area contributed by atoms with Gasteiger partial charge in [0.15, 0.2) is 0 Å². The van der Waals surface area contributed by atoms with E-state index in [2.05, 4.69) is 0 Å². The van der Waals surface area contributed by atoms with E-state index in [-0.39, 0.29) is 29.9 Å². The predicted molar refractivity (Wildman–Crippen MR) is 105 cm³/mol. The molecule has 2 fully saturated rings. The van der Waals surface area contributed by atoms with Gasteiger partial charge in [0.2, 0.25) is 11.8 Å². The quantitative estimate of drug-likeness (QED) is 0.567. The van der Waals surface area contributed by atoms with Crippen LogP contribution in [0.4, 0.5) is 0 Å². The molecule has 28 heavy (non-hydrogen) atoms. The first-order valence-electron chi connectivity index (χ1n) is 9.67. The number of hydrogen-bond donors (Lipinski definition) is 2. The normalized spacial score (nSPS) is 26.2. The summed E-state index contributed by atoms with van der Waals surface area (Å²) in [5, 5.41) is 9.16. The maximum atomic E-state index is 13.2. The molecular formula is C20H28N2O5S. The lowest BCUT2D eigenvalue weighted by atomic mass is 9.80. The number of sulfone groups is 1. The van der Waals surface area contributed by atoms with Gasteiger partial charge in [-0.2, -0.15) is 0 Å². The van der Waals surface area contributed by atoms with Crippen molar-refractivity contribution in [2.75, 3.05) is 24.6 Å². The number of aryl methyl sites for hydroxylation is 1. The molecule has 154 valence electrons. The van der Waals surface area contributed by atoms with Crippen LogP contribution in [0.15, 0.2) is 24.3 Å². The van der Waals surface area contributed by atoms with Gasteiger partial charge < -0.3 is 4.90 Å². The van der Waals surface area contributed by atoms with Crippen LogP contribution in [0, 0.1) is 18.8 Å². The highest BCUT2D eigenvalue weighted by molar-refractivity contribution is 7.91. The minimum absolute atomic E-state index is 0.0319. The molecule has 8 heteroatoms. The van der Waals surface area contributed by atoms with Crippen LogP contribution in [-0.4, -0.2) is 54.9 Å². The van der Waals surface area contributed by atoms with Crippen molar-refractivity contribution in [2.45, 2.75) is 38.5 Å². The zero-order valence-electron chi connectivity index (χ0n) is 16.3. The van der Waals surface area contributed by atoms with Crippen molar-refractivity contribution in [3.05, 3.63) is 35.4 Å². The van der Waals surface area contributed by atoms with Gasteiger partial charge >= 0.3 is 0 Å². The number of hydrogen-bond acceptors (Lipinski definition) is 5. The molecule has 0 spiro atoms. The third kappa shape index (κ3) is 4.07. The van der Waals surface area contributed by atoms with E-state index in [1.807, 2.05) is 38.1 Å². The first-order chi connectivity index (χ1) is 13.2. The number of carbonyl (C=O) groups is 2. The average molecular weight is 409 g/mol. The minimum Gasteiger partial charge on any atom is -0.341 e. The smallest absolute Gasteiger partial charge is 0.248 e. The van der Waals surface area contributed by atoms with E-state index in [4.69, 9.17) is 5.21 Å². The molecule has 1 aromatic carbocycles. The van der Waals surface area contributed by atoms with Crippen LogP contribution in [0.2, 0.25) is 0 Å². The summed E-state index contributed by atoms with van der Waals surface area (Å²) in [4.78, 5) is 27.2. The molecule has 2 heterocycles. The lowest BCUT2D eigenvalue weighted by molar-refractivity contribution is -0.139. The van der Waals surface area contributed by atoms with Gasteiger partial charge in [0.1, 0.15) is 9.84 Å². The molecule has 2 N–H and O–H groups in total. The summed E-state index contributed by atoms with van der Waals surface area (Å²) in [6.07, 6.45) is 1.40. The van der Waals surface area contributed by atoms with E-state index in [0.717, 1.165) is 11.1 Å². The Hall–Kier alpha value is -1.93. The molecular weight excluding hydrogens is 380 g/mol. The summed E-state index contributed by atoms with van der Waals surface area (Å²) in [5.74, 6) is -1.29. The van der Waals surface area contributed by atoms with Crippen molar-refractivity contribution < 1.29 is 23.2 Å². The van der Waals surface area contributed by atoms with E-state index in [1.165, 1.54) is 0 Å². The molecule has 1 aromatic rings. The van der Waals surface area contributed by atoms with Crippen LogP contribution >= 0.6 is 0 Å². The molecule has 2 amide bonds. The lowest BCUT2D eigenvalue weighted by Crippen LogP contribution is -2.46. The Balaban J connectivity index is 1.75. The topological polar surface area (TPSA) is 104 Å². The highest BCUT2D eigenvalue weighted by Crippen LogP contribution is 2.37. The first-order valence-corrected chi connectivity index (χ1v) is 11.5. The van der Waals surface area contributed by atoms with Crippen LogP contribution in [0.1, 0.15) is 37.3 Å². The maximum absolute atomic E-state index is 13.2. The van der Waals surface area contributed by atoms with Crippen molar-refractivity contribution in [3.8, 4) is 0 Å². The predicted octanol–water partition coefficient (Wildman–Crippen LogP) is 1.43. The Kier molecular flexibility index (Phi) is 5.82. The largest absolute Gasteiger partial charge is 0.341 e. The molecule has 0 aromatic heterocycles. The molecule has 2 aliphatic heterocycles. The molecule has 3 rings (SSSR count). The van der Waals surface area contributed by atoms with Crippen LogP contribution in [0.5, 0.6) is 0 Å². The first kappa shape index (κ1) is 20.8. The second-order valence-electron chi connectivity index (χ2n) is 8.27. The van der Waals surface area contributed by atoms with Crippen LogP contribution in [-0.2, 0) is 24.8 Å². The number of likely N-dealkylation sites (tertiary alicyclic amines) is 1. The van der Waals surface area contributed by atoms with Gasteiger partial charge in [-0.1, -0.05) is 29.8 Å². The average Bonchev–Trinajstić information content (AvgIpc) is 2.95. The number of nitrogens with zero attached hydrogens (tertiary/aromatic N) is 1. The van der Waals surface area contributed by atoms with Crippen molar-refractivity contribution >= 4 is 21.7 Å². The zero-order valence-corrected chi connectivity index (χ0v) is 17.2. The van der Waals surface area contributed by atoms with E-state index in [9.17, 15) is 18.0 Å². The molecule has 2 aliphatic rings. The fourth-order valence-electron chi connectivity index (χ4n) is 4.36. The Labute approximate surface area is 166 Å². The Morgan fingerprint density at radius 3 is 2.46 bits per heavy atom. The molecule has 2 atom stereocenters. The Morgan fingerprint density at radius 1 is 1.29 bits per heavy atom. The fraction of sp³-hybridized carbons (Fsp3) is 0.600. The standard InChI is InChI=1S/C20H28N2O5S/c1-14-3-5-16(6-4-14)20(2)9-10-22(19(20)24)13-17(18(23)21-25)15-7-11-28(26,27)12-8-15/h3-6,15,17,25H,7-13H2,1-2H3,(H,21,23)/t17-,20?/m1/s1. The molecule has 0 bridgehead atoms.